The van der Waals surface area contributed by atoms with Gasteiger partial charge >= 0.3 is 0 Å². The molecule has 0 aliphatic heterocycles. The Bertz CT molecular complexity index is 93.9. The highest BCUT2D eigenvalue weighted by Crippen LogP contribution is 1.96. The number of rotatable bonds is 6. The molecule has 0 unspecified atom stereocenters. The molecule has 54 valence electrons. The van der Waals surface area contributed by atoms with Crippen LogP contribution in [0.4, 0.5) is 0 Å². The van der Waals surface area contributed by atoms with E-state index in [2.05, 4.69) is 12.8 Å². The van der Waals surface area contributed by atoms with Gasteiger partial charge in [0.15, 0.2) is 0 Å². The minimum absolute atomic E-state index is 0.997. The zero-order valence-corrected chi connectivity index (χ0v) is 8.61. The van der Waals surface area contributed by atoms with E-state index in [1.165, 1.54) is 34.1 Å². The maximum absolute atomic E-state index is 5.13. The molecule has 0 N–H and O–H groups in total. The Morgan fingerprint density at radius 2 is 1.90 bits per heavy atom. The van der Waals surface area contributed by atoms with Crippen molar-refractivity contribution < 1.29 is 0 Å². The van der Waals surface area contributed by atoms with E-state index in [-0.39, 0.29) is 0 Å². The van der Waals surface area contributed by atoms with Gasteiger partial charge in [0.2, 0.25) is 0 Å². The van der Waals surface area contributed by atoms with Gasteiger partial charge in [0.05, 0.1) is 9.52 Å². The Hall–Kier alpha value is -0.00623. The van der Waals surface area contributed by atoms with E-state index in [0.717, 1.165) is 15.6 Å². The topological polar surface area (TPSA) is 0 Å². The highest BCUT2D eigenvalue weighted by Gasteiger charge is 1.89. The first-order valence-electron chi connectivity index (χ1n) is 3.76. The minimum Gasteiger partial charge on any atom is -0.120 e. The Kier molecular flexibility index (Phi) is 8.99. The second-order valence-corrected chi connectivity index (χ2v) is 4.98. The van der Waals surface area contributed by atoms with Crippen LogP contribution in [0.25, 0.3) is 0 Å². The van der Waals surface area contributed by atoms with Crippen LogP contribution < -0.4 is 0 Å². The molecular formula is C8H14Si2. The molecule has 4 radical (unpaired) electrons. The van der Waals surface area contributed by atoms with Gasteiger partial charge in [-0.25, -0.2) is 0 Å². The van der Waals surface area contributed by atoms with E-state index in [1.54, 1.807) is 0 Å². The summed E-state index contributed by atoms with van der Waals surface area (Å²) in [7, 11) is 2.20. The first-order valence-corrected chi connectivity index (χ1v) is 6.59. The van der Waals surface area contributed by atoms with Crippen molar-refractivity contribution in [2.75, 3.05) is 0 Å². The van der Waals surface area contributed by atoms with E-state index in [1.807, 2.05) is 0 Å². The third-order valence-electron chi connectivity index (χ3n) is 1.13. The van der Waals surface area contributed by atoms with Crippen molar-refractivity contribution >= 4 is 19.0 Å². The maximum Gasteiger partial charge on any atom is 0.0531 e. The highest BCUT2D eigenvalue weighted by atomic mass is 28.2. The summed E-state index contributed by atoms with van der Waals surface area (Å²) < 4.78 is 0. The molecule has 0 fully saturated rings. The van der Waals surface area contributed by atoms with Gasteiger partial charge in [-0.15, -0.1) is 12.3 Å². The molecule has 0 amide bonds. The van der Waals surface area contributed by atoms with Crippen molar-refractivity contribution in [2.45, 2.75) is 37.5 Å². The Morgan fingerprint density at radius 1 is 1.20 bits per heavy atom. The predicted octanol–water partition coefficient (Wildman–Crippen LogP) is 2.11. The lowest BCUT2D eigenvalue weighted by molar-refractivity contribution is 1.07. The molecular weight excluding hydrogens is 152 g/mol. The van der Waals surface area contributed by atoms with Crippen LogP contribution in [0.1, 0.15) is 13.3 Å². The van der Waals surface area contributed by atoms with Gasteiger partial charge in [-0.3, -0.25) is 0 Å². The average molecular weight is 166 g/mol. The van der Waals surface area contributed by atoms with Gasteiger partial charge in [-0.05, 0) is 6.04 Å². The fraction of sp³-hybridized carbons (Fsp3) is 0.750. The summed E-state index contributed by atoms with van der Waals surface area (Å²) in [6.45, 7) is 2.25. The quantitative estimate of drug-likeness (QED) is 0.322. The average Bonchev–Trinajstić information content (AvgIpc) is 1.97. The molecule has 0 atom stereocenters. The van der Waals surface area contributed by atoms with Crippen LogP contribution in [0.2, 0.25) is 24.2 Å². The van der Waals surface area contributed by atoms with Gasteiger partial charge in [0.1, 0.15) is 0 Å². The second kappa shape index (κ2) is 8.99. The molecule has 0 aliphatic rings. The van der Waals surface area contributed by atoms with Gasteiger partial charge in [-0.1, -0.05) is 31.5 Å². The number of hydrogen-bond donors (Lipinski definition) is 0. The van der Waals surface area contributed by atoms with Crippen molar-refractivity contribution in [2.24, 2.45) is 0 Å². The minimum atomic E-state index is 0.997. The van der Waals surface area contributed by atoms with E-state index >= 15 is 0 Å². The normalized spacial score (nSPS) is 9.20. The second-order valence-electron chi connectivity index (χ2n) is 2.13. The fourth-order valence-electron chi connectivity index (χ4n) is 0.639. The molecule has 0 aromatic heterocycles. The molecule has 0 saturated heterocycles. The Morgan fingerprint density at radius 3 is 2.50 bits per heavy atom. The molecule has 0 bridgehead atoms. The lowest BCUT2D eigenvalue weighted by Crippen LogP contribution is -1.92. The molecule has 0 saturated carbocycles. The molecule has 0 heterocycles. The van der Waals surface area contributed by atoms with Crippen LogP contribution in [0.5, 0.6) is 0 Å². The molecule has 0 rings (SSSR count). The molecule has 0 aliphatic carbocycles. The molecule has 0 aromatic carbocycles. The Labute approximate surface area is 69.4 Å². The van der Waals surface area contributed by atoms with Gasteiger partial charge in [-0.2, -0.15) is 0 Å². The molecule has 2 heteroatoms. The fourth-order valence-corrected chi connectivity index (χ4v) is 2.98. The molecule has 10 heavy (non-hydrogen) atoms. The Balaban J connectivity index is 2.72. The lowest BCUT2D eigenvalue weighted by Gasteiger charge is -1.93. The van der Waals surface area contributed by atoms with Crippen LogP contribution in [0.3, 0.4) is 0 Å². The lowest BCUT2D eigenvalue weighted by atomic mass is 10.6. The molecule has 0 nitrogen and oxygen atoms in total. The first-order chi connectivity index (χ1) is 4.91. The van der Waals surface area contributed by atoms with Crippen LogP contribution in [-0.2, 0) is 0 Å². The summed E-state index contributed by atoms with van der Waals surface area (Å²) in [6, 6.07) is 5.19. The van der Waals surface area contributed by atoms with E-state index < -0.39 is 0 Å². The van der Waals surface area contributed by atoms with E-state index in [0.29, 0.717) is 0 Å². The van der Waals surface area contributed by atoms with Crippen LogP contribution in [0.15, 0.2) is 0 Å². The number of hydrogen-bond acceptors (Lipinski definition) is 0. The van der Waals surface area contributed by atoms with E-state index in [9.17, 15) is 0 Å². The van der Waals surface area contributed by atoms with Crippen molar-refractivity contribution in [3.8, 4) is 12.3 Å². The van der Waals surface area contributed by atoms with Crippen LogP contribution >= 0.6 is 0 Å². The first kappa shape index (κ1) is 9.99. The zero-order valence-electron chi connectivity index (χ0n) is 6.61. The largest absolute Gasteiger partial charge is 0.120 e. The van der Waals surface area contributed by atoms with Crippen molar-refractivity contribution in [1.82, 2.24) is 0 Å². The monoisotopic (exact) mass is 166 g/mol. The molecule has 0 spiro atoms. The summed E-state index contributed by atoms with van der Waals surface area (Å²) in [5.74, 6) is 2.67. The van der Waals surface area contributed by atoms with Crippen LogP contribution in [-0.4, -0.2) is 19.0 Å². The van der Waals surface area contributed by atoms with Gasteiger partial charge in [0, 0.05) is 9.52 Å². The maximum atomic E-state index is 5.13. The van der Waals surface area contributed by atoms with Crippen molar-refractivity contribution in [1.29, 1.82) is 0 Å². The smallest absolute Gasteiger partial charge is 0.0531 e. The molecule has 0 aromatic rings. The van der Waals surface area contributed by atoms with Crippen molar-refractivity contribution in [3.05, 3.63) is 0 Å². The zero-order chi connectivity index (χ0) is 7.66. The predicted molar refractivity (Wildman–Crippen MR) is 49.9 cm³/mol. The summed E-state index contributed by atoms with van der Waals surface area (Å²) in [5.41, 5.74) is 0. The summed E-state index contributed by atoms with van der Waals surface area (Å²) in [6.07, 6.45) is 6.47. The summed E-state index contributed by atoms with van der Waals surface area (Å²) in [5, 5.41) is 0. The highest BCUT2D eigenvalue weighted by molar-refractivity contribution is 6.42. The van der Waals surface area contributed by atoms with Crippen molar-refractivity contribution in [3.63, 3.8) is 0 Å². The third-order valence-corrected chi connectivity index (χ3v) is 4.15. The van der Waals surface area contributed by atoms with Gasteiger partial charge < -0.3 is 0 Å². The van der Waals surface area contributed by atoms with E-state index in [4.69, 9.17) is 6.42 Å². The third kappa shape index (κ3) is 7.99. The van der Waals surface area contributed by atoms with Gasteiger partial charge in [0.25, 0.3) is 0 Å². The summed E-state index contributed by atoms with van der Waals surface area (Å²) >= 11 is 0. The SMILES string of the molecule is C#CC[Si]CC[Si]CCC. The summed E-state index contributed by atoms with van der Waals surface area (Å²) in [4.78, 5) is 0. The van der Waals surface area contributed by atoms with Crippen LogP contribution in [0, 0.1) is 12.3 Å². The standard InChI is InChI=1S/C8H14Si2/c1-3-5-9-7-8-10-6-4-2/h1H,4-8H2,2H3. The number of terminal acetylenes is 1.